The SMILES string of the molecule is COc1ccc(Cl)cc1Nc1ccnc(C(=O)NCCC(C)C)c1. The highest BCUT2D eigenvalue weighted by Gasteiger charge is 2.09. The summed E-state index contributed by atoms with van der Waals surface area (Å²) >= 11 is 6.03. The van der Waals surface area contributed by atoms with Gasteiger partial charge < -0.3 is 15.4 Å². The Morgan fingerprint density at radius 1 is 1.29 bits per heavy atom. The van der Waals surface area contributed by atoms with E-state index in [1.54, 1.807) is 43.6 Å². The van der Waals surface area contributed by atoms with Gasteiger partial charge in [0.2, 0.25) is 0 Å². The van der Waals surface area contributed by atoms with Crippen LogP contribution in [-0.2, 0) is 0 Å². The standard InChI is InChI=1S/C18H22ClN3O2/c1-12(2)6-8-21-18(23)16-11-14(7-9-20-16)22-15-10-13(19)4-5-17(15)24-3/h4-5,7,9-12H,6,8H2,1-3H3,(H,20,22)(H,21,23). The minimum absolute atomic E-state index is 0.183. The molecule has 2 aromatic rings. The van der Waals surface area contributed by atoms with Gasteiger partial charge in [0.05, 0.1) is 12.8 Å². The number of halogens is 1. The van der Waals surface area contributed by atoms with E-state index in [0.29, 0.717) is 28.9 Å². The maximum Gasteiger partial charge on any atom is 0.269 e. The molecule has 128 valence electrons. The minimum Gasteiger partial charge on any atom is -0.495 e. The summed E-state index contributed by atoms with van der Waals surface area (Å²) in [6.07, 6.45) is 2.53. The van der Waals surface area contributed by atoms with Gasteiger partial charge in [-0.1, -0.05) is 25.4 Å². The van der Waals surface area contributed by atoms with Crippen LogP contribution in [-0.4, -0.2) is 24.5 Å². The van der Waals surface area contributed by atoms with E-state index in [2.05, 4.69) is 29.5 Å². The first-order valence-electron chi connectivity index (χ1n) is 7.84. The fraction of sp³-hybridized carbons (Fsp3) is 0.333. The van der Waals surface area contributed by atoms with Crippen LogP contribution in [0.1, 0.15) is 30.8 Å². The number of rotatable bonds is 7. The zero-order valence-electron chi connectivity index (χ0n) is 14.1. The lowest BCUT2D eigenvalue weighted by atomic mass is 10.1. The van der Waals surface area contributed by atoms with Gasteiger partial charge in [0.1, 0.15) is 11.4 Å². The molecule has 0 unspecified atom stereocenters. The molecule has 0 radical (unpaired) electrons. The van der Waals surface area contributed by atoms with Gasteiger partial charge in [0, 0.05) is 23.5 Å². The molecule has 1 amide bonds. The van der Waals surface area contributed by atoms with Crippen molar-refractivity contribution in [2.75, 3.05) is 19.0 Å². The maximum absolute atomic E-state index is 12.2. The van der Waals surface area contributed by atoms with Crippen molar-refractivity contribution in [2.24, 2.45) is 5.92 Å². The summed E-state index contributed by atoms with van der Waals surface area (Å²) < 4.78 is 5.31. The fourth-order valence-corrected chi connectivity index (χ4v) is 2.30. The molecule has 2 N–H and O–H groups in total. The molecule has 0 saturated carbocycles. The molecule has 1 heterocycles. The van der Waals surface area contributed by atoms with E-state index >= 15 is 0 Å². The number of hydrogen-bond donors (Lipinski definition) is 2. The summed E-state index contributed by atoms with van der Waals surface area (Å²) in [6.45, 7) is 4.87. The smallest absolute Gasteiger partial charge is 0.269 e. The molecule has 6 heteroatoms. The van der Waals surface area contributed by atoms with Crippen LogP contribution in [0.25, 0.3) is 0 Å². The monoisotopic (exact) mass is 347 g/mol. The molecule has 2 rings (SSSR count). The zero-order chi connectivity index (χ0) is 17.5. The van der Waals surface area contributed by atoms with E-state index in [1.807, 2.05) is 0 Å². The first kappa shape index (κ1) is 18.1. The summed E-state index contributed by atoms with van der Waals surface area (Å²) in [5.74, 6) is 1.03. The van der Waals surface area contributed by atoms with Gasteiger partial charge in [-0.15, -0.1) is 0 Å². The minimum atomic E-state index is -0.183. The van der Waals surface area contributed by atoms with Crippen LogP contribution < -0.4 is 15.4 Å². The fourth-order valence-electron chi connectivity index (χ4n) is 2.13. The first-order valence-corrected chi connectivity index (χ1v) is 8.22. The Labute approximate surface area is 147 Å². The van der Waals surface area contributed by atoms with Crippen LogP contribution in [0.4, 0.5) is 11.4 Å². The van der Waals surface area contributed by atoms with Crippen molar-refractivity contribution in [3.8, 4) is 5.75 Å². The van der Waals surface area contributed by atoms with E-state index in [1.165, 1.54) is 0 Å². The third-order valence-corrected chi connectivity index (χ3v) is 3.68. The van der Waals surface area contributed by atoms with Crippen molar-refractivity contribution in [1.29, 1.82) is 0 Å². The highest BCUT2D eigenvalue weighted by Crippen LogP contribution is 2.30. The van der Waals surface area contributed by atoms with Crippen molar-refractivity contribution >= 4 is 28.9 Å². The van der Waals surface area contributed by atoms with Crippen molar-refractivity contribution < 1.29 is 9.53 Å². The van der Waals surface area contributed by atoms with Gasteiger partial charge in [-0.2, -0.15) is 0 Å². The Morgan fingerprint density at radius 2 is 2.08 bits per heavy atom. The van der Waals surface area contributed by atoms with Crippen LogP contribution in [0, 0.1) is 5.92 Å². The van der Waals surface area contributed by atoms with Crippen molar-refractivity contribution in [2.45, 2.75) is 20.3 Å². The number of hydrogen-bond acceptors (Lipinski definition) is 4. The first-order chi connectivity index (χ1) is 11.5. The van der Waals surface area contributed by atoms with Crippen LogP contribution in [0.2, 0.25) is 5.02 Å². The van der Waals surface area contributed by atoms with E-state index in [4.69, 9.17) is 16.3 Å². The molecule has 5 nitrogen and oxygen atoms in total. The summed E-state index contributed by atoms with van der Waals surface area (Å²) in [5, 5.41) is 6.68. The van der Waals surface area contributed by atoms with Crippen molar-refractivity contribution in [3.63, 3.8) is 0 Å². The molecule has 1 aromatic heterocycles. The van der Waals surface area contributed by atoms with Crippen LogP contribution in [0.5, 0.6) is 5.75 Å². The largest absolute Gasteiger partial charge is 0.495 e. The van der Waals surface area contributed by atoms with Crippen LogP contribution in [0.15, 0.2) is 36.5 Å². The lowest BCUT2D eigenvalue weighted by Crippen LogP contribution is -2.26. The molecular weight excluding hydrogens is 326 g/mol. The van der Waals surface area contributed by atoms with E-state index < -0.39 is 0 Å². The number of carbonyl (C=O) groups excluding carboxylic acids is 1. The lowest BCUT2D eigenvalue weighted by Gasteiger charge is -2.12. The molecule has 0 aliphatic heterocycles. The molecular formula is C18H22ClN3O2. The van der Waals surface area contributed by atoms with Crippen molar-refractivity contribution in [1.82, 2.24) is 10.3 Å². The Balaban J connectivity index is 2.10. The van der Waals surface area contributed by atoms with Crippen LogP contribution >= 0.6 is 11.6 Å². The summed E-state index contributed by atoms with van der Waals surface area (Å²) in [7, 11) is 1.59. The average molecular weight is 348 g/mol. The second kappa shape index (κ2) is 8.55. The molecule has 0 fully saturated rings. The van der Waals surface area contributed by atoms with Crippen LogP contribution in [0.3, 0.4) is 0 Å². The third kappa shape index (κ3) is 5.13. The quantitative estimate of drug-likeness (QED) is 0.785. The van der Waals surface area contributed by atoms with E-state index in [9.17, 15) is 4.79 Å². The molecule has 0 aliphatic rings. The van der Waals surface area contributed by atoms with Crippen molar-refractivity contribution in [3.05, 3.63) is 47.2 Å². The number of anilines is 2. The number of benzene rings is 1. The molecule has 0 bridgehead atoms. The number of aromatic nitrogens is 1. The predicted molar refractivity (Wildman–Crippen MR) is 97.3 cm³/mol. The second-order valence-electron chi connectivity index (χ2n) is 5.84. The van der Waals surface area contributed by atoms with E-state index in [-0.39, 0.29) is 5.91 Å². The number of carbonyl (C=O) groups is 1. The number of nitrogens with zero attached hydrogens (tertiary/aromatic N) is 1. The van der Waals surface area contributed by atoms with Gasteiger partial charge in [0.15, 0.2) is 0 Å². The van der Waals surface area contributed by atoms with Gasteiger partial charge in [-0.05, 0) is 42.7 Å². The van der Waals surface area contributed by atoms with Gasteiger partial charge in [-0.25, -0.2) is 0 Å². The number of methoxy groups -OCH3 is 1. The second-order valence-corrected chi connectivity index (χ2v) is 6.27. The number of nitrogens with one attached hydrogen (secondary N) is 2. The molecule has 24 heavy (non-hydrogen) atoms. The van der Waals surface area contributed by atoms with Gasteiger partial charge >= 0.3 is 0 Å². The van der Waals surface area contributed by atoms with Gasteiger partial charge in [0.25, 0.3) is 5.91 Å². The number of amides is 1. The highest BCUT2D eigenvalue weighted by molar-refractivity contribution is 6.31. The zero-order valence-corrected chi connectivity index (χ0v) is 14.9. The highest BCUT2D eigenvalue weighted by atomic mass is 35.5. The molecule has 0 atom stereocenters. The Hall–Kier alpha value is -2.27. The normalized spacial score (nSPS) is 10.5. The van der Waals surface area contributed by atoms with Gasteiger partial charge in [-0.3, -0.25) is 9.78 Å². The molecule has 0 spiro atoms. The summed E-state index contributed by atoms with van der Waals surface area (Å²) in [6, 6.07) is 8.79. The Morgan fingerprint density at radius 3 is 2.79 bits per heavy atom. The summed E-state index contributed by atoms with van der Waals surface area (Å²) in [5.41, 5.74) is 1.83. The molecule has 1 aromatic carbocycles. The molecule has 0 saturated heterocycles. The lowest BCUT2D eigenvalue weighted by molar-refractivity contribution is 0.0947. The predicted octanol–water partition coefficient (Wildman–Crippen LogP) is 4.26. The average Bonchev–Trinajstić information content (AvgIpc) is 2.55. The third-order valence-electron chi connectivity index (χ3n) is 3.44. The summed E-state index contributed by atoms with van der Waals surface area (Å²) in [4.78, 5) is 16.3. The topological polar surface area (TPSA) is 63.2 Å². The van der Waals surface area contributed by atoms with E-state index in [0.717, 1.165) is 17.8 Å². The Kier molecular flexibility index (Phi) is 6.44. The number of ether oxygens (including phenoxy) is 1. The number of pyridine rings is 1. The molecule has 0 aliphatic carbocycles. The Bertz CT molecular complexity index is 704. The maximum atomic E-state index is 12.2.